The van der Waals surface area contributed by atoms with E-state index in [1.807, 2.05) is 0 Å². The number of nitrogens with two attached hydrogens (primary N) is 1. The molecule has 1 aromatic carbocycles. The van der Waals surface area contributed by atoms with Gasteiger partial charge >= 0.3 is 6.18 Å². The number of rotatable bonds is 4. The summed E-state index contributed by atoms with van der Waals surface area (Å²) in [4.78, 5) is 17.0. The average molecular weight is 466 g/mol. The number of hydrogen-bond acceptors (Lipinski definition) is 7. The minimum atomic E-state index is -4.56. The minimum Gasteiger partial charge on any atom is -0.367 e. The number of piperazine rings is 1. The quantitative estimate of drug-likeness (QED) is 0.544. The van der Waals surface area contributed by atoms with Crippen LogP contribution < -0.4 is 14.9 Å². The molecule has 0 unspecified atom stereocenters. The molecule has 1 saturated heterocycles. The van der Waals surface area contributed by atoms with E-state index in [1.54, 1.807) is 9.80 Å². The molecule has 162 valence electrons. The fourth-order valence-electron chi connectivity index (χ4n) is 3.08. The molecule has 14 heteroatoms. The molecule has 1 fully saturated rings. The number of aromatic nitrogens is 1. The Bertz CT molecular complexity index is 1090. The smallest absolute Gasteiger partial charge is 0.367 e. The Hall–Kier alpha value is -2.64. The average Bonchev–Trinajstić information content (AvgIpc) is 2.66. The van der Waals surface area contributed by atoms with Gasteiger partial charge in [-0.3, -0.25) is 10.1 Å². The molecule has 0 radical (unpaired) electrons. The predicted octanol–water partition coefficient (Wildman–Crippen LogP) is 2.64. The number of benzene rings is 1. The largest absolute Gasteiger partial charge is 0.417 e. The number of non-ortho nitro benzene ring substituents is 1. The van der Waals surface area contributed by atoms with E-state index in [4.69, 9.17) is 16.7 Å². The first-order chi connectivity index (χ1) is 13.9. The number of pyridine rings is 1. The zero-order valence-electron chi connectivity index (χ0n) is 15.1. The molecule has 0 spiro atoms. The monoisotopic (exact) mass is 465 g/mol. The SMILES string of the molecule is NS(=O)(=O)c1cc([N+](=O)[O-])ccc1N1CCN(c2ncc(C(F)(F)F)cc2Cl)CC1. The van der Waals surface area contributed by atoms with Gasteiger partial charge in [-0.05, 0) is 12.1 Å². The highest BCUT2D eigenvalue weighted by atomic mass is 35.5. The fraction of sp³-hybridized carbons (Fsp3) is 0.312. The van der Waals surface area contributed by atoms with E-state index in [0.717, 1.165) is 12.1 Å². The van der Waals surface area contributed by atoms with Crippen LogP contribution in [0, 0.1) is 10.1 Å². The van der Waals surface area contributed by atoms with Gasteiger partial charge in [0.05, 0.1) is 21.2 Å². The zero-order chi connectivity index (χ0) is 22.3. The summed E-state index contributed by atoms with van der Waals surface area (Å²) in [7, 11) is -4.23. The van der Waals surface area contributed by atoms with Crippen molar-refractivity contribution in [3.63, 3.8) is 0 Å². The Kier molecular flexibility index (Phi) is 5.80. The summed E-state index contributed by atoms with van der Waals surface area (Å²) in [5.41, 5.74) is -1.17. The van der Waals surface area contributed by atoms with Gasteiger partial charge in [0.15, 0.2) is 0 Å². The highest BCUT2D eigenvalue weighted by molar-refractivity contribution is 7.89. The Morgan fingerprint density at radius 1 is 1.13 bits per heavy atom. The molecule has 3 rings (SSSR count). The van der Waals surface area contributed by atoms with Gasteiger partial charge in [-0.2, -0.15) is 13.2 Å². The van der Waals surface area contributed by atoms with E-state index < -0.39 is 32.4 Å². The van der Waals surface area contributed by atoms with Crippen molar-refractivity contribution in [2.45, 2.75) is 11.1 Å². The van der Waals surface area contributed by atoms with Crippen molar-refractivity contribution in [2.75, 3.05) is 36.0 Å². The van der Waals surface area contributed by atoms with Crippen LogP contribution in [-0.4, -0.2) is 44.5 Å². The molecule has 30 heavy (non-hydrogen) atoms. The maximum Gasteiger partial charge on any atom is 0.417 e. The molecule has 1 aliphatic rings. The molecule has 9 nitrogen and oxygen atoms in total. The molecular formula is C16H15ClF3N5O4S. The summed E-state index contributed by atoms with van der Waals surface area (Å²) in [6.45, 7) is 1.08. The number of hydrogen-bond donors (Lipinski definition) is 1. The van der Waals surface area contributed by atoms with Crippen LogP contribution >= 0.6 is 11.6 Å². The van der Waals surface area contributed by atoms with E-state index in [2.05, 4.69) is 4.98 Å². The molecule has 0 amide bonds. The highest BCUT2D eigenvalue weighted by Gasteiger charge is 2.32. The molecular weight excluding hydrogens is 451 g/mol. The number of halogens is 4. The van der Waals surface area contributed by atoms with Crippen LogP contribution in [0.3, 0.4) is 0 Å². The van der Waals surface area contributed by atoms with Crippen LogP contribution in [0.15, 0.2) is 35.4 Å². The summed E-state index contributed by atoms with van der Waals surface area (Å²) >= 11 is 5.98. The number of alkyl halides is 3. The predicted molar refractivity (Wildman–Crippen MR) is 103 cm³/mol. The maximum atomic E-state index is 12.8. The Morgan fingerprint density at radius 2 is 1.73 bits per heavy atom. The number of nitrogens with zero attached hydrogens (tertiary/aromatic N) is 4. The first-order valence-electron chi connectivity index (χ1n) is 8.42. The van der Waals surface area contributed by atoms with Gasteiger partial charge in [0, 0.05) is 44.5 Å². The van der Waals surface area contributed by atoms with Crippen molar-refractivity contribution in [3.05, 3.63) is 51.2 Å². The topological polar surface area (TPSA) is 123 Å². The van der Waals surface area contributed by atoms with Crippen molar-refractivity contribution >= 4 is 38.8 Å². The zero-order valence-corrected chi connectivity index (χ0v) is 16.7. The van der Waals surface area contributed by atoms with Crippen LogP contribution in [-0.2, 0) is 16.2 Å². The lowest BCUT2D eigenvalue weighted by Gasteiger charge is -2.37. The van der Waals surface area contributed by atoms with Crippen LogP contribution in [0.5, 0.6) is 0 Å². The molecule has 1 aliphatic heterocycles. The number of nitro benzene ring substituents is 1. The van der Waals surface area contributed by atoms with Crippen LogP contribution in [0.2, 0.25) is 5.02 Å². The summed E-state index contributed by atoms with van der Waals surface area (Å²) in [6, 6.07) is 4.17. The van der Waals surface area contributed by atoms with Gasteiger partial charge in [-0.1, -0.05) is 11.6 Å². The van der Waals surface area contributed by atoms with E-state index in [1.165, 1.54) is 12.1 Å². The summed E-state index contributed by atoms with van der Waals surface area (Å²) in [5, 5.41) is 16.0. The molecule has 0 saturated carbocycles. The van der Waals surface area contributed by atoms with Gasteiger partial charge in [-0.15, -0.1) is 0 Å². The maximum absolute atomic E-state index is 12.8. The third-order valence-corrected chi connectivity index (χ3v) is 5.75. The van der Waals surface area contributed by atoms with Crippen molar-refractivity contribution in [3.8, 4) is 0 Å². The number of sulfonamides is 1. The fourth-order valence-corrected chi connectivity index (χ4v) is 4.14. The Labute approximate surface area is 174 Å². The van der Waals surface area contributed by atoms with Crippen molar-refractivity contribution in [1.29, 1.82) is 0 Å². The molecule has 0 bridgehead atoms. The van der Waals surface area contributed by atoms with E-state index in [0.29, 0.717) is 6.20 Å². The second-order valence-corrected chi connectivity index (χ2v) is 8.39. The molecule has 0 aliphatic carbocycles. The lowest BCUT2D eigenvalue weighted by molar-refractivity contribution is -0.385. The van der Waals surface area contributed by atoms with Gasteiger partial charge in [-0.25, -0.2) is 18.5 Å². The summed E-state index contributed by atoms with van der Waals surface area (Å²) < 4.78 is 62.1. The number of nitro groups is 1. The van der Waals surface area contributed by atoms with Crippen LogP contribution in [0.1, 0.15) is 5.56 Å². The van der Waals surface area contributed by atoms with Crippen molar-refractivity contribution in [2.24, 2.45) is 5.14 Å². The first kappa shape index (κ1) is 22.1. The van der Waals surface area contributed by atoms with Crippen LogP contribution in [0.4, 0.5) is 30.4 Å². The van der Waals surface area contributed by atoms with E-state index in [-0.39, 0.29) is 47.6 Å². The molecule has 0 atom stereocenters. The van der Waals surface area contributed by atoms with E-state index >= 15 is 0 Å². The summed E-state index contributed by atoms with van der Waals surface area (Å²) in [6.07, 6.45) is -3.86. The highest BCUT2D eigenvalue weighted by Crippen LogP contribution is 2.34. The molecule has 2 aromatic rings. The first-order valence-corrected chi connectivity index (χ1v) is 10.3. The minimum absolute atomic E-state index is 0.154. The Balaban J connectivity index is 1.82. The third-order valence-electron chi connectivity index (χ3n) is 4.53. The van der Waals surface area contributed by atoms with E-state index in [9.17, 15) is 31.7 Å². The number of anilines is 2. The van der Waals surface area contributed by atoms with Gasteiger partial charge < -0.3 is 9.80 Å². The molecule has 2 N–H and O–H groups in total. The third kappa shape index (κ3) is 4.57. The lowest BCUT2D eigenvalue weighted by atomic mass is 10.2. The summed E-state index contributed by atoms with van der Waals surface area (Å²) in [5.74, 6) is 0.180. The van der Waals surface area contributed by atoms with Gasteiger partial charge in [0.25, 0.3) is 5.69 Å². The standard InChI is InChI=1S/C16H15ClF3N5O4S/c17-12-7-10(16(18,19)20)9-22-15(12)24-5-3-23(4-6-24)13-2-1-11(25(26)27)8-14(13)30(21,28)29/h1-2,7-9H,3-6H2,(H2,21,28,29). The second kappa shape index (κ2) is 7.89. The molecule has 1 aromatic heterocycles. The Morgan fingerprint density at radius 3 is 2.23 bits per heavy atom. The van der Waals surface area contributed by atoms with Crippen molar-refractivity contribution < 1.29 is 26.5 Å². The second-order valence-electron chi connectivity index (χ2n) is 6.46. The number of primary sulfonamides is 1. The van der Waals surface area contributed by atoms with Crippen molar-refractivity contribution in [1.82, 2.24) is 4.98 Å². The lowest BCUT2D eigenvalue weighted by Crippen LogP contribution is -2.47. The molecule has 2 heterocycles. The van der Waals surface area contributed by atoms with Gasteiger partial charge in [0.2, 0.25) is 10.0 Å². The van der Waals surface area contributed by atoms with Gasteiger partial charge in [0.1, 0.15) is 10.7 Å². The normalized spacial score (nSPS) is 15.4. The van der Waals surface area contributed by atoms with Crippen LogP contribution in [0.25, 0.3) is 0 Å².